The van der Waals surface area contributed by atoms with E-state index in [0.29, 0.717) is 23.1 Å². The highest BCUT2D eigenvalue weighted by Gasteiger charge is 2.37. The number of amides is 1. The number of benzene rings is 1. The van der Waals surface area contributed by atoms with Gasteiger partial charge < -0.3 is 4.90 Å². The fraction of sp³-hybridized carbons (Fsp3) is 0.231. The molecule has 1 aliphatic rings. The van der Waals surface area contributed by atoms with Crippen molar-refractivity contribution in [1.29, 1.82) is 0 Å². The van der Waals surface area contributed by atoms with Gasteiger partial charge in [0.2, 0.25) is 0 Å². The van der Waals surface area contributed by atoms with Crippen LogP contribution >= 0.6 is 15.9 Å². The maximum Gasteiger partial charge on any atom is 0.299 e. The van der Waals surface area contributed by atoms with E-state index in [9.17, 15) is 14.0 Å². The Kier molecular flexibility index (Phi) is 3.61. The Balaban J connectivity index is 2.38. The molecule has 0 N–H and O–H groups in total. The van der Waals surface area contributed by atoms with E-state index in [1.807, 2.05) is 0 Å². The van der Waals surface area contributed by atoms with Gasteiger partial charge in [-0.3, -0.25) is 9.59 Å². The number of halogens is 2. The number of ketones is 1. The molecule has 1 aliphatic heterocycles. The van der Waals surface area contributed by atoms with Crippen LogP contribution in [-0.2, 0) is 4.79 Å². The molecular weight excluding hydrogens is 301 g/mol. The number of allylic oxidation sites excluding steroid dienone is 1. The maximum atomic E-state index is 13.2. The minimum Gasteiger partial charge on any atom is -0.304 e. The number of anilines is 1. The van der Waals surface area contributed by atoms with Crippen molar-refractivity contribution in [2.75, 3.05) is 11.4 Å². The van der Waals surface area contributed by atoms with Gasteiger partial charge in [-0.25, -0.2) is 4.39 Å². The van der Waals surface area contributed by atoms with Gasteiger partial charge in [0, 0.05) is 11.0 Å². The first kappa shape index (κ1) is 13.0. The Morgan fingerprint density at radius 1 is 1.39 bits per heavy atom. The third kappa shape index (κ3) is 2.10. The van der Waals surface area contributed by atoms with Gasteiger partial charge in [0.15, 0.2) is 0 Å². The molecule has 0 atom stereocenters. The average Bonchev–Trinajstić information content (AvgIpc) is 2.55. The molecular formula is C13H11BrFNO2. The topological polar surface area (TPSA) is 37.4 Å². The molecule has 0 bridgehead atoms. The lowest BCUT2D eigenvalue weighted by molar-refractivity contribution is -0.114. The molecule has 0 fully saturated rings. The van der Waals surface area contributed by atoms with E-state index in [1.54, 1.807) is 6.08 Å². The Hall–Kier alpha value is -1.49. The summed E-state index contributed by atoms with van der Waals surface area (Å²) in [6, 6.07) is 2.36. The van der Waals surface area contributed by atoms with E-state index in [4.69, 9.17) is 0 Å². The summed E-state index contributed by atoms with van der Waals surface area (Å²) in [5.41, 5.74) is 0.598. The summed E-state index contributed by atoms with van der Waals surface area (Å²) in [7, 11) is 0. The van der Waals surface area contributed by atoms with E-state index in [1.165, 1.54) is 11.0 Å². The number of rotatable bonds is 4. The molecule has 1 aromatic carbocycles. The van der Waals surface area contributed by atoms with Crippen molar-refractivity contribution in [2.45, 2.75) is 12.8 Å². The predicted molar refractivity (Wildman–Crippen MR) is 70.2 cm³/mol. The summed E-state index contributed by atoms with van der Waals surface area (Å²) in [5, 5.41) is 0. The van der Waals surface area contributed by atoms with Gasteiger partial charge in [-0.1, -0.05) is 6.08 Å². The number of carbonyl (C=O) groups is 2. The summed E-state index contributed by atoms with van der Waals surface area (Å²) < 4.78 is 13.7. The highest BCUT2D eigenvalue weighted by molar-refractivity contribution is 9.10. The lowest BCUT2D eigenvalue weighted by Crippen LogP contribution is -2.30. The lowest BCUT2D eigenvalue weighted by Gasteiger charge is -2.17. The molecule has 0 aliphatic carbocycles. The Morgan fingerprint density at radius 2 is 2.11 bits per heavy atom. The quantitative estimate of drug-likeness (QED) is 0.487. The minimum absolute atomic E-state index is 0.130. The molecule has 0 saturated heterocycles. The van der Waals surface area contributed by atoms with Crippen LogP contribution in [-0.4, -0.2) is 18.2 Å². The zero-order valence-electron chi connectivity index (χ0n) is 9.58. The zero-order valence-corrected chi connectivity index (χ0v) is 11.2. The normalized spacial score (nSPS) is 14.0. The van der Waals surface area contributed by atoms with E-state index >= 15 is 0 Å². The van der Waals surface area contributed by atoms with Crippen LogP contribution in [0.4, 0.5) is 10.1 Å². The maximum absolute atomic E-state index is 13.2. The monoisotopic (exact) mass is 311 g/mol. The number of fused-ring (bicyclic) bond motifs is 1. The van der Waals surface area contributed by atoms with Crippen LogP contribution in [0.2, 0.25) is 0 Å². The van der Waals surface area contributed by atoms with Crippen molar-refractivity contribution in [1.82, 2.24) is 0 Å². The van der Waals surface area contributed by atoms with Crippen molar-refractivity contribution < 1.29 is 14.0 Å². The molecule has 1 amide bonds. The van der Waals surface area contributed by atoms with Crippen molar-refractivity contribution in [3.63, 3.8) is 0 Å². The van der Waals surface area contributed by atoms with Crippen LogP contribution in [0.1, 0.15) is 23.2 Å². The number of nitrogens with zero attached hydrogens (tertiary/aromatic N) is 1. The summed E-state index contributed by atoms with van der Waals surface area (Å²) in [6.45, 7) is 4.03. The number of carbonyl (C=O) groups excluding carboxylic acids is 2. The summed E-state index contributed by atoms with van der Waals surface area (Å²) in [6.07, 6.45) is 3.22. The molecule has 0 aromatic heterocycles. The van der Waals surface area contributed by atoms with E-state index in [2.05, 4.69) is 22.5 Å². The highest BCUT2D eigenvalue weighted by atomic mass is 79.9. The number of hydrogen-bond acceptors (Lipinski definition) is 2. The van der Waals surface area contributed by atoms with Gasteiger partial charge in [-0.05, 0) is 40.9 Å². The second-order valence-corrected chi connectivity index (χ2v) is 4.85. The predicted octanol–water partition coefficient (Wildman–Crippen LogP) is 3.08. The third-order valence-electron chi connectivity index (χ3n) is 2.77. The Labute approximate surface area is 112 Å². The molecule has 2 rings (SSSR count). The summed E-state index contributed by atoms with van der Waals surface area (Å²) >= 11 is 3.20. The van der Waals surface area contributed by atoms with Crippen molar-refractivity contribution in [3.8, 4) is 0 Å². The van der Waals surface area contributed by atoms with Gasteiger partial charge in [-0.15, -0.1) is 6.58 Å². The fourth-order valence-corrected chi connectivity index (χ4v) is 2.61. The molecule has 0 saturated carbocycles. The molecule has 1 aromatic rings. The van der Waals surface area contributed by atoms with Gasteiger partial charge in [0.05, 0.1) is 11.3 Å². The van der Waals surface area contributed by atoms with E-state index < -0.39 is 17.5 Å². The van der Waals surface area contributed by atoms with Crippen molar-refractivity contribution in [3.05, 3.63) is 40.6 Å². The smallest absolute Gasteiger partial charge is 0.299 e. The second kappa shape index (κ2) is 5.02. The van der Waals surface area contributed by atoms with Crippen LogP contribution < -0.4 is 4.90 Å². The highest BCUT2D eigenvalue weighted by Crippen LogP contribution is 2.36. The van der Waals surface area contributed by atoms with Crippen molar-refractivity contribution in [2.24, 2.45) is 0 Å². The number of Topliss-reactive ketones (excluding diaryl/α,β-unsaturated/α-hetero) is 1. The van der Waals surface area contributed by atoms with Gasteiger partial charge in [-0.2, -0.15) is 0 Å². The van der Waals surface area contributed by atoms with E-state index in [0.717, 1.165) is 12.5 Å². The standard InChI is InChI=1S/C13H11BrFNO2/c1-2-3-4-5-16-11-9(12(17)13(16)18)6-8(15)7-10(11)14/h2,6-7H,1,3-5H2. The lowest BCUT2D eigenvalue weighted by atomic mass is 10.1. The Bertz CT molecular complexity index is 542. The first-order chi connectivity index (χ1) is 8.56. The molecule has 18 heavy (non-hydrogen) atoms. The largest absolute Gasteiger partial charge is 0.304 e. The van der Waals surface area contributed by atoms with Crippen LogP contribution in [0.3, 0.4) is 0 Å². The molecule has 0 unspecified atom stereocenters. The van der Waals surface area contributed by atoms with Crippen LogP contribution in [0, 0.1) is 5.82 Å². The Morgan fingerprint density at radius 3 is 2.78 bits per heavy atom. The zero-order chi connectivity index (χ0) is 13.3. The average molecular weight is 312 g/mol. The van der Waals surface area contributed by atoms with Crippen molar-refractivity contribution >= 4 is 33.3 Å². The third-order valence-corrected chi connectivity index (χ3v) is 3.38. The first-order valence-corrected chi connectivity index (χ1v) is 6.31. The minimum atomic E-state index is -0.649. The number of unbranched alkanes of at least 4 members (excludes halogenated alkanes) is 1. The van der Waals surface area contributed by atoms with Gasteiger partial charge >= 0.3 is 0 Å². The molecule has 3 nitrogen and oxygen atoms in total. The molecule has 94 valence electrons. The van der Waals surface area contributed by atoms with Crippen LogP contribution in [0.5, 0.6) is 0 Å². The summed E-state index contributed by atoms with van der Waals surface area (Å²) in [4.78, 5) is 25.0. The van der Waals surface area contributed by atoms with E-state index in [-0.39, 0.29) is 5.56 Å². The molecule has 0 spiro atoms. The summed E-state index contributed by atoms with van der Waals surface area (Å²) in [5.74, 6) is -1.78. The molecule has 5 heteroatoms. The van der Waals surface area contributed by atoms with Gasteiger partial charge in [0.1, 0.15) is 5.82 Å². The molecule has 0 radical (unpaired) electrons. The first-order valence-electron chi connectivity index (χ1n) is 5.52. The fourth-order valence-electron chi connectivity index (χ4n) is 1.96. The second-order valence-electron chi connectivity index (χ2n) is 4.00. The molecule has 1 heterocycles. The number of hydrogen-bond donors (Lipinski definition) is 0. The van der Waals surface area contributed by atoms with Crippen LogP contribution in [0.25, 0.3) is 0 Å². The van der Waals surface area contributed by atoms with Crippen LogP contribution in [0.15, 0.2) is 29.3 Å². The van der Waals surface area contributed by atoms with Gasteiger partial charge in [0.25, 0.3) is 11.7 Å². The SMILES string of the molecule is C=CCCCN1C(=O)C(=O)c2cc(F)cc(Br)c21.